The molecular formula is C22H26N2O3. The maximum absolute atomic E-state index is 12.7. The van der Waals surface area contributed by atoms with E-state index >= 15 is 0 Å². The predicted octanol–water partition coefficient (Wildman–Crippen LogP) is 3.06. The highest BCUT2D eigenvalue weighted by Gasteiger charge is 2.23. The van der Waals surface area contributed by atoms with Crippen LogP contribution in [0.1, 0.15) is 27.9 Å². The van der Waals surface area contributed by atoms with E-state index in [-0.39, 0.29) is 18.4 Å². The van der Waals surface area contributed by atoms with Gasteiger partial charge in [-0.2, -0.15) is 0 Å². The Labute approximate surface area is 160 Å². The van der Waals surface area contributed by atoms with Gasteiger partial charge in [0, 0.05) is 31.7 Å². The molecule has 0 saturated carbocycles. The molecule has 1 aliphatic heterocycles. The molecule has 5 heteroatoms. The first-order valence-electron chi connectivity index (χ1n) is 9.36. The highest BCUT2D eigenvalue weighted by molar-refractivity contribution is 5.94. The first kappa shape index (κ1) is 19.0. The summed E-state index contributed by atoms with van der Waals surface area (Å²) in [6.45, 7) is 6.42. The second-order valence-corrected chi connectivity index (χ2v) is 6.99. The zero-order valence-corrected chi connectivity index (χ0v) is 16.0. The molecule has 0 N–H and O–H groups in total. The van der Waals surface area contributed by atoms with Crippen LogP contribution in [-0.2, 0) is 4.79 Å². The lowest BCUT2D eigenvalue weighted by Gasteiger charge is -2.22. The minimum atomic E-state index is -0.0415. The van der Waals surface area contributed by atoms with Gasteiger partial charge in [-0.1, -0.05) is 35.4 Å². The van der Waals surface area contributed by atoms with E-state index in [0.29, 0.717) is 37.5 Å². The predicted molar refractivity (Wildman–Crippen MR) is 105 cm³/mol. The molecule has 0 radical (unpaired) electrons. The van der Waals surface area contributed by atoms with E-state index in [1.807, 2.05) is 67.3 Å². The van der Waals surface area contributed by atoms with Crippen LogP contribution in [0.5, 0.6) is 5.75 Å². The van der Waals surface area contributed by atoms with E-state index in [0.717, 1.165) is 17.5 Å². The topological polar surface area (TPSA) is 49.9 Å². The van der Waals surface area contributed by atoms with Crippen LogP contribution in [0.3, 0.4) is 0 Å². The van der Waals surface area contributed by atoms with Gasteiger partial charge < -0.3 is 14.5 Å². The highest BCUT2D eigenvalue weighted by Crippen LogP contribution is 2.13. The number of rotatable bonds is 4. The molecule has 27 heavy (non-hydrogen) atoms. The number of benzene rings is 2. The number of ether oxygens (including phenoxy) is 1. The molecule has 3 rings (SSSR count). The van der Waals surface area contributed by atoms with E-state index < -0.39 is 0 Å². The summed E-state index contributed by atoms with van der Waals surface area (Å²) in [7, 11) is 0. The second-order valence-electron chi connectivity index (χ2n) is 6.99. The molecule has 142 valence electrons. The standard InChI is InChI=1S/C22H26N2O3/c1-17-4-8-19(9-5-17)22(26)24-13-3-12-23(14-15-24)21(25)16-27-20-10-6-18(2)7-11-20/h4-11H,3,12-16H2,1-2H3. The van der Waals surface area contributed by atoms with Gasteiger partial charge in [-0.25, -0.2) is 0 Å². The van der Waals surface area contributed by atoms with Gasteiger partial charge >= 0.3 is 0 Å². The van der Waals surface area contributed by atoms with Crippen molar-refractivity contribution in [3.63, 3.8) is 0 Å². The van der Waals surface area contributed by atoms with Gasteiger partial charge in [-0.3, -0.25) is 9.59 Å². The molecular weight excluding hydrogens is 340 g/mol. The first-order chi connectivity index (χ1) is 13.0. The van der Waals surface area contributed by atoms with E-state index in [2.05, 4.69) is 0 Å². The monoisotopic (exact) mass is 366 g/mol. The fraction of sp³-hybridized carbons (Fsp3) is 0.364. The van der Waals surface area contributed by atoms with Crippen molar-refractivity contribution >= 4 is 11.8 Å². The summed E-state index contributed by atoms with van der Waals surface area (Å²) in [6.07, 6.45) is 0.772. The number of carbonyl (C=O) groups excluding carboxylic acids is 2. The third kappa shape index (κ3) is 5.09. The van der Waals surface area contributed by atoms with Crippen molar-refractivity contribution in [3.8, 4) is 5.75 Å². The lowest BCUT2D eigenvalue weighted by molar-refractivity contribution is -0.133. The Morgan fingerprint density at radius 2 is 1.37 bits per heavy atom. The average molecular weight is 366 g/mol. The lowest BCUT2D eigenvalue weighted by atomic mass is 10.1. The Morgan fingerprint density at radius 1 is 0.815 bits per heavy atom. The van der Waals surface area contributed by atoms with Crippen LogP contribution in [0.2, 0.25) is 0 Å². The third-order valence-electron chi connectivity index (χ3n) is 4.82. The zero-order chi connectivity index (χ0) is 19.2. The van der Waals surface area contributed by atoms with Crippen molar-refractivity contribution in [1.82, 2.24) is 9.80 Å². The summed E-state index contributed by atoms with van der Waals surface area (Å²) >= 11 is 0. The van der Waals surface area contributed by atoms with Crippen LogP contribution in [0, 0.1) is 13.8 Å². The third-order valence-corrected chi connectivity index (χ3v) is 4.82. The summed E-state index contributed by atoms with van der Waals surface area (Å²) in [5, 5.41) is 0. The van der Waals surface area contributed by atoms with E-state index in [4.69, 9.17) is 4.74 Å². The van der Waals surface area contributed by atoms with Crippen molar-refractivity contribution in [1.29, 1.82) is 0 Å². The Bertz CT molecular complexity index is 784. The van der Waals surface area contributed by atoms with E-state index in [1.54, 1.807) is 4.90 Å². The normalized spacial score (nSPS) is 14.6. The molecule has 0 spiro atoms. The van der Waals surface area contributed by atoms with Crippen LogP contribution in [-0.4, -0.2) is 54.4 Å². The first-order valence-corrected chi connectivity index (χ1v) is 9.36. The van der Waals surface area contributed by atoms with Gasteiger partial charge in [0.1, 0.15) is 5.75 Å². The van der Waals surface area contributed by atoms with Crippen molar-refractivity contribution in [3.05, 3.63) is 65.2 Å². The van der Waals surface area contributed by atoms with Crippen molar-refractivity contribution < 1.29 is 14.3 Å². The Balaban J connectivity index is 1.52. The number of hydrogen-bond donors (Lipinski definition) is 0. The van der Waals surface area contributed by atoms with Crippen molar-refractivity contribution in [2.75, 3.05) is 32.8 Å². The molecule has 0 aliphatic carbocycles. The Morgan fingerprint density at radius 3 is 2.04 bits per heavy atom. The minimum Gasteiger partial charge on any atom is -0.484 e. The summed E-state index contributed by atoms with van der Waals surface area (Å²) in [5.74, 6) is 0.681. The molecule has 1 heterocycles. The molecule has 1 saturated heterocycles. The number of carbonyl (C=O) groups is 2. The second kappa shape index (κ2) is 8.71. The maximum atomic E-state index is 12.7. The number of hydrogen-bond acceptors (Lipinski definition) is 3. The molecule has 0 aromatic heterocycles. The molecule has 0 unspecified atom stereocenters. The fourth-order valence-corrected chi connectivity index (χ4v) is 3.12. The average Bonchev–Trinajstić information content (AvgIpc) is 2.94. The Kier molecular flexibility index (Phi) is 6.12. The lowest BCUT2D eigenvalue weighted by Crippen LogP contribution is -2.39. The molecule has 1 fully saturated rings. The summed E-state index contributed by atoms with van der Waals surface area (Å²) in [4.78, 5) is 28.8. The largest absolute Gasteiger partial charge is 0.484 e. The van der Waals surface area contributed by atoms with Gasteiger partial charge in [-0.15, -0.1) is 0 Å². The number of nitrogens with zero attached hydrogens (tertiary/aromatic N) is 2. The molecule has 0 bridgehead atoms. The molecule has 5 nitrogen and oxygen atoms in total. The quantitative estimate of drug-likeness (QED) is 0.836. The number of amides is 2. The van der Waals surface area contributed by atoms with Gasteiger partial charge in [0.05, 0.1) is 0 Å². The van der Waals surface area contributed by atoms with Crippen molar-refractivity contribution in [2.45, 2.75) is 20.3 Å². The van der Waals surface area contributed by atoms with Crippen LogP contribution in [0.4, 0.5) is 0 Å². The van der Waals surface area contributed by atoms with E-state index in [9.17, 15) is 9.59 Å². The molecule has 2 aromatic carbocycles. The molecule has 2 amide bonds. The van der Waals surface area contributed by atoms with E-state index in [1.165, 1.54) is 0 Å². The van der Waals surface area contributed by atoms with Gasteiger partial charge in [-0.05, 0) is 44.5 Å². The SMILES string of the molecule is Cc1ccc(OCC(=O)N2CCCN(C(=O)c3ccc(C)cc3)CC2)cc1. The minimum absolute atomic E-state index is 0.0228. The molecule has 2 aromatic rings. The fourth-order valence-electron chi connectivity index (χ4n) is 3.12. The molecule has 1 aliphatic rings. The zero-order valence-electron chi connectivity index (χ0n) is 16.0. The van der Waals surface area contributed by atoms with Gasteiger partial charge in [0.15, 0.2) is 6.61 Å². The molecule has 0 atom stereocenters. The smallest absolute Gasteiger partial charge is 0.260 e. The van der Waals surface area contributed by atoms with Crippen LogP contribution < -0.4 is 4.74 Å². The Hall–Kier alpha value is -2.82. The number of aryl methyl sites for hydroxylation is 2. The van der Waals surface area contributed by atoms with Gasteiger partial charge in [0.25, 0.3) is 11.8 Å². The van der Waals surface area contributed by atoms with Crippen LogP contribution in [0.15, 0.2) is 48.5 Å². The highest BCUT2D eigenvalue weighted by atomic mass is 16.5. The van der Waals surface area contributed by atoms with Crippen LogP contribution >= 0.6 is 0 Å². The maximum Gasteiger partial charge on any atom is 0.260 e. The summed E-state index contributed by atoms with van der Waals surface area (Å²) in [5.41, 5.74) is 2.98. The summed E-state index contributed by atoms with van der Waals surface area (Å²) in [6, 6.07) is 15.3. The van der Waals surface area contributed by atoms with Crippen LogP contribution in [0.25, 0.3) is 0 Å². The summed E-state index contributed by atoms with van der Waals surface area (Å²) < 4.78 is 5.60. The van der Waals surface area contributed by atoms with Crippen molar-refractivity contribution in [2.24, 2.45) is 0 Å². The van der Waals surface area contributed by atoms with Gasteiger partial charge in [0.2, 0.25) is 0 Å².